The van der Waals surface area contributed by atoms with Gasteiger partial charge in [0.15, 0.2) is 0 Å². The van der Waals surface area contributed by atoms with Gasteiger partial charge in [-0.15, -0.1) is 0 Å². The van der Waals surface area contributed by atoms with Gasteiger partial charge in [0.05, 0.1) is 18.5 Å². The van der Waals surface area contributed by atoms with E-state index in [0.29, 0.717) is 24.6 Å². The second kappa shape index (κ2) is 6.88. The zero-order valence-electron chi connectivity index (χ0n) is 13.5. The lowest BCUT2D eigenvalue weighted by Crippen LogP contribution is -2.30. The van der Waals surface area contributed by atoms with Crippen LogP contribution in [0.15, 0.2) is 6.20 Å². The largest absolute Gasteiger partial charge is 0.462 e. The Kier molecular flexibility index (Phi) is 5.74. The Hall–Kier alpha value is -1.36. The van der Waals surface area contributed by atoms with Gasteiger partial charge in [0, 0.05) is 13.6 Å². The van der Waals surface area contributed by atoms with Gasteiger partial charge in [-0.05, 0) is 24.8 Å². The van der Waals surface area contributed by atoms with E-state index in [-0.39, 0.29) is 11.4 Å². The monoisotopic (exact) mass is 281 g/mol. The van der Waals surface area contributed by atoms with Gasteiger partial charge >= 0.3 is 5.97 Å². The number of esters is 1. The minimum Gasteiger partial charge on any atom is -0.462 e. The Bertz CT molecular complexity index is 446. The van der Waals surface area contributed by atoms with E-state index in [1.807, 2.05) is 7.05 Å². The summed E-state index contributed by atoms with van der Waals surface area (Å²) in [5.74, 6) is 0.239. The highest BCUT2D eigenvalue weighted by Crippen LogP contribution is 2.24. The van der Waals surface area contributed by atoms with Crippen molar-refractivity contribution in [2.45, 2.75) is 41.2 Å². The molecule has 20 heavy (non-hydrogen) atoms. The van der Waals surface area contributed by atoms with E-state index < -0.39 is 0 Å². The van der Waals surface area contributed by atoms with Crippen LogP contribution in [0.5, 0.6) is 0 Å². The number of nitrogens with one attached hydrogen (secondary N) is 1. The van der Waals surface area contributed by atoms with Crippen LogP contribution in [0.1, 0.15) is 50.7 Å². The normalized spacial score (nSPS) is 13.3. The molecule has 0 spiro atoms. The van der Waals surface area contributed by atoms with Crippen molar-refractivity contribution in [2.75, 3.05) is 13.2 Å². The van der Waals surface area contributed by atoms with Crippen molar-refractivity contribution < 1.29 is 9.53 Å². The summed E-state index contributed by atoms with van der Waals surface area (Å²) in [6.07, 6.45) is 1.57. The fraction of sp³-hybridized carbons (Fsp3) is 0.733. The van der Waals surface area contributed by atoms with Gasteiger partial charge in [-0.2, -0.15) is 5.10 Å². The molecule has 0 bridgehead atoms. The molecule has 1 atom stereocenters. The van der Waals surface area contributed by atoms with Gasteiger partial charge in [-0.1, -0.05) is 27.7 Å². The molecule has 0 amide bonds. The molecule has 0 saturated carbocycles. The van der Waals surface area contributed by atoms with Gasteiger partial charge in [0.25, 0.3) is 0 Å². The van der Waals surface area contributed by atoms with Crippen molar-refractivity contribution in [1.29, 1.82) is 0 Å². The van der Waals surface area contributed by atoms with Crippen molar-refractivity contribution in [1.82, 2.24) is 15.1 Å². The van der Waals surface area contributed by atoms with Crippen LogP contribution in [0, 0.1) is 11.3 Å². The molecule has 1 N–H and O–H groups in total. The molecular weight excluding hydrogens is 254 g/mol. The van der Waals surface area contributed by atoms with E-state index in [2.05, 4.69) is 38.1 Å². The van der Waals surface area contributed by atoms with Crippen molar-refractivity contribution in [3.63, 3.8) is 0 Å². The van der Waals surface area contributed by atoms with Crippen LogP contribution >= 0.6 is 0 Å². The molecule has 114 valence electrons. The SMILES string of the molecule is CCOC(=O)c1cnn(C)c1CNCC(C)C(C)(C)C. The molecule has 1 aromatic heterocycles. The second-order valence-electron chi connectivity index (χ2n) is 6.25. The summed E-state index contributed by atoms with van der Waals surface area (Å²) in [6.45, 7) is 12.6. The number of hydrogen-bond acceptors (Lipinski definition) is 4. The first-order valence-corrected chi connectivity index (χ1v) is 7.16. The van der Waals surface area contributed by atoms with Crippen molar-refractivity contribution in [3.8, 4) is 0 Å². The zero-order chi connectivity index (χ0) is 15.3. The molecule has 0 aromatic carbocycles. The second-order valence-corrected chi connectivity index (χ2v) is 6.25. The molecule has 1 heterocycles. The molecule has 5 heteroatoms. The summed E-state index contributed by atoms with van der Waals surface area (Å²) in [6, 6.07) is 0. The molecule has 0 saturated heterocycles. The van der Waals surface area contributed by atoms with Crippen LogP contribution in [-0.2, 0) is 18.3 Å². The summed E-state index contributed by atoms with van der Waals surface area (Å²) in [5.41, 5.74) is 1.68. The van der Waals surface area contributed by atoms with Gasteiger partial charge in [-0.25, -0.2) is 4.79 Å². The Balaban J connectivity index is 2.64. The number of carbonyl (C=O) groups excluding carboxylic acids is 1. The number of hydrogen-bond donors (Lipinski definition) is 1. The highest BCUT2D eigenvalue weighted by molar-refractivity contribution is 5.90. The van der Waals surface area contributed by atoms with Gasteiger partial charge in [0.2, 0.25) is 0 Å². The minimum absolute atomic E-state index is 0.267. The average molecular weight is 281 g/mol. The number of rotatable bonds is 6. The molecular formula is C15H27N3O2. The number of aromatic nitrogens is 2. The number of aryl methyl sites for hydroxylation is 1. The van der Waals surface area contributed by atoms with Gasteiger partial charge in [-0.3, -0.25) is 4.68 Å². The summed E-state index contributed by atoms with van der Waals surface area (Å²) < 4.78 is 6.77. The van der Waals surface area contributed by atoms with E-state index in [4.69, 9.17) is 4.74 Å². The molecule has 1 rings (SSSR count). The molecule has 5 nitrogen and oxygen atoms in total. The fourth-order valence-corrected chi connectivity index (χ4v) is 1.77. The van der Waals surface area contributed by atoms with Gasteiger partial charge < -0.3 is 10.1 Å². The van der Waals surface area contributed by atoms with Crippen LogP contribution < -0.4 is 5.32 Å². The minimum atomic E-state index is -0.304. The summed E-state index contributed by atoms with van der Waals surface area (Å²) >= 11 is 0. The third-order valence-electron chi connectivity index (χ3n) is 3.78. The average Bonchev–Trinajstić information content (AvgIpc) is 2.70. The highest BCUT2D eigenvalue weighted by Gasteiger charge is 2.21. The lowest BCUT2D eigenvalue weighted by Gasteiger charge is -2.27. The third-order valence-corrected chi connectivity index (χ3v) is 3.78. The maximum absolute atomic E-state index is 11.8. The standard InChI is InChI=1S/C15H27N3O2/c1-7-20-14(19)12-9-17-18(6)13(12)10-16-8-11(2)15(3,4)5/h9,11,16H,7-8,10H2,1-6H3. The Labute approximate surface area is 121 Å². The molecule has 0 aliphatic carbocycles. The predicted octanol–water partition coefficient (Wildman–Crippen LogP) is 2.37. The van der Waals surface area contributed by atoms with E-state index >= 15 is 0 Å². The van der Waals surface area contributed by atoms with E-state index in [9.17, 15) is 4.79 Å². The van der Waals surface area contributed by atoms with Crippen molar-refractivity contribution >= 4 is 5.97 Å². The maximum Gasteiger partial charge on any atom is 0.341 e. The van der Waals surface area contributed by atoms with E-state index in [1.165, 1.54) is 0 Å². The van der Waals surface area contributed by atoms with E-state index in [1.54, 1.807) is 17.8 Å². The zero-order valence-corrected chi connectivity index (χ0v) is 13.5. The van der Waals surface area contributed by atoms with E-state index in [0.717, 1.165) is 12.2 Å². The molecule has 0 radical (unpaired) electrons. The lowest BCUT2D eigenvalue weighted by atomic mass is 9.82. The van der Waals surface area contributed by atoms with Crippen molar-refractivity contribution in [2.24, 2.45) is 18.4 Å². The lowest BCUT2D eigenvalue weighted by molar-refractivity contribution is 0.0524. The first-order valence-electron chi connectivity index (χ1n) is 7.16. The van der Waals surface area contributed by atoms with Crippen LogP contribution in [0.25, 0.3) is 0 Å². The Morgan fingerprint density at radius 3 is 2.70 bits per heavy atom. The highest BCUT2D eigenvalue weighted by atomic mass is 16.5. The van der Waals surface area contributed by atoms with Crippen LogP contribution in [0.2, 0.25) is 0 Å². The first kappa shape index (κ1) is 16.7. The Morgan fingerprint density at radius 2 is 2.15 bits per heavy atom. The summed E-state index contributed by atoms with van der Waals surface area (Å²) in [5, 5.41) is 7.55. The number of carbonyl (C=O) groups is 1. The Morgan fingerprint density at radius 1 is 1.50 bits per heavy atom. The smallest absolute Gasteiger partial charge is 0.341 e. The molecule has 0 aliphatic rings. The van der Waals surface area contributed by atoms with Gasteiger partial charge in [0.1, 0.15) is 5.56 Å². The quantitative estimate of drug-likeness (QED) is 0.813. The first-order chi connectivity index (χ1) is 9.27. The molecule has 0 aliphatic heterocycles. The molecule has 1 aromatic rings. The summed E-state index contributed by atoms with van der Waals surface area (Å²) in [4.78, 5) is 11.8. The molecule has 1 unspecified atom stereocenters. The van der Waals surface area contributed by atoms with Crippen LogP contribution in [0.3, 0.4) is 0 Å². The number of nitrogens with zero attached hydrogens (tertiary/aromatic N) is 2. The summed E-state index contributed by atoms with van der Waals surface area (Å²) in [7, 11) is 1.84. The van der Waals surface area contributed by atoms with Crippen LogP contribution in [0.4, 0.5) is 0 Å². The third kappa shape index (κ3) is 4.34. The fourth-order valence-electron chi connectivity index (χ4n) is 1.77. The molecule has 0 fully saturated rings. The van der Waals surface area contributed by atoms with Crippen molar-refractivity contribution in [3.05, 3.63) is 17.5 Å². The van der Waals surface area contributed by atoms with Crippen LogP contribution in [-0.4, -0.2) is 28.9 Å². The number of ether oxygens (including phenoxy) is 1. The topological polar surface area (TPSA) is 56.1 Å². The maximum atomic E-state index is 11.8. The predicted molar refractivity (Wildman–Crippen MR) is 79.5 cm³/mol.